The van der Waals surface area contributed by atoms with Crippen molar-refractivity contribution in [1.29, 1.82) is 0 Å². The van der Waals surface area contributed by atoms with E-state index in [4.69, 9.17) is 5.73 Å². The fourth-order valence-electron chi connectivity index (χ4n) is 2.11. The summed E-state index contributed by atoms with van der Waals surface area (Å²) in [5, 5.41) is 2.12. The third kappa shape index (κ3) is 2.28. The standard InChI is InChI=1S/C13H19N3S/c1-9(2)13-15-5-6-16(13)11(8-14)12-10(3)4-7-17-12/h4-7,9,11H,8,14H2,1-3H3. The predicted molar refractivity (Wildman–Crippen MR) is 72.6 cm³/mol. The minimum atomic E-state index is 0.217. The number of imidazole rings is 1. The first-order chi connectivity index (χ1) is 8.15. The van der Waals surface area contributed by atoms with Gasteiger partial charge in [-0.2, -0.15) is 0 Å². The molecule has 0 saturated heterocycles. The molecule has 0 aliphatic rings. The van der Waals surface area contributed by atoms with E-state index in [0.29, 0.717) is 12.5 Å². The van der Waals surface area contributed by atoms with Crippen molar-refractivity contribution in [3.05, 3.63) is 40.1 Å². The van der Waals surface area contributed by atoms with Crippen molar-refractivity contribution in [2.75, 3.05) is 6.54 Å². The van der Waals surface area contributed by atoms with Crippen molar-refractivity contribution in [2.45, 2.75) is 32.7 Å². The summed E-state index contributed by atoms with van der Waals surface area (Å²) in [4.78, 5) is 5.78. The zero-order valence-corrected chi connectivity index (χ0v) is 11.4. The molecule has 0 aliphatic carbocycles. The van der Waals surface area contributed by atoms with Gasteiger partial charge in [-0.1, -0.05) is 13.8 Å². The number of nitrogens with zero attached hydrogens (tertiary/aromatic N) is 2. The zero-order valence-electron chi connectivity index (χ0n) is 10.6. The van der Waals surface area contributed by atoms with Crippen molar-refractivity contribution in [2.24, 2.45) is 5.73 Å². The van der Waals surface area contributed by atoms with Crippen LogP contribution in [-0.2, 0) is 0 Å². The van der Waals surface area contributed by atoms with Crippen LogP contribution >= 0.6 is 11.3 Å². The molecule has 2 rings (SSSR count). The largest absolute Gasteiger partial charge is 0.328 e. The maximum atomic E-state index is 5.95. The van der Waals surface area contributed by atoms with Crippen LogP contribution in [0.5, 0.6) is 0 Å². The summed E-state index contributed by atoms with van der Waals surface area (Å²) in [7, 11) is 0. The van der Waals surface area contributed by atoms with Gasteiger partial charge in [0.25, 0.3) is 0 Å². The Balaban J connectivity index is 2.43. The SMILES string of the molecule is Cc1ccsc1C(CN)n1ccnc1C(C)C. The summed E-state index contributed by atoms with van der Waals surface area (Å²) in [5.41, 5.74) is 7.26. The fraction of sp³-hybridized carbons (Fsp3) is 0.462. The Morgan fingerprint density at radius 3 is 2.76 bits per heavy atom. The smallest absolute Gasteiger partial charge is 0.111 e. The van der Waals surface area contributed by atoms with Crippen LogP contribution < -0.4 is 5.73 Å². The average molecular weight is 249 g/mol. The van der Waals surface area contributed by atoms with Gasteiger partial charge in [0, 0.05) is 29.7 Å². The Morgan fingerprint density at radius 2 is 2.24 bits per heavy atom. The molecule has 4 heteroatoms. The average Bonchev–Trinajstić information content (AvgIpc) is 2.90. The van der Waals surface area contributed by atoms with E-state index in [9.17, 15) is 0 Å². The van der Waals surface area contributed by atoms with Crippen LogP contribution in [0, 0.1) is 6.92 Å². The lowest BCUT2D eigenvalue weighted by molar-refractivity contribution is 0.554. The number of aryl methyl sites for hydroxylation is 1. The quantitative estimate of drug-likeness (QED) is 0.905. The van der Waals surface area contributed by atoms with Gasteiger partial charge < -0.3 is 10.3 Å². The van der Waals surface area contributed by atoms with E-state index in [-0.39, 0.29) is 6.04 Å². The summed E-state index contributed by atoms with van der Waals surface area (Å²) in [6.07, 6.45) is 3.90. The molecule has 0 amide bonds. The monoisotopic (exact) mass is 249 g/mol. The number of hydrogen-bond donors (Lipinski definition) is 1. The maximum absolute atomic E-state index is 5.95. The third-order valence-electron chi connectivity index (χ3n) is 2.98. The molecule has 2 heterocycles. The highest BCUT2D eigenvalue weighted by Gasteiger charge is 2.19. The molecule has 0 bridgehead atoms. The molecule has 0 radical (unpaired) electrons. The van der Waals surface area contributed by atoms with E-state index in [1.54, 1.807) is 11.3 Å². The highest BCUT2D eigenvalue weighted by atomic mass is 32.1. The second kappa shape index (κ2) is 5.02. The van der Waals surface area contributed by atoms with Gasteiger partial charge in [0.2, 0.25) is 0 Å². The molecule has 2 aromatic rings. The first kappa shape index (κ1) is 12.3. The summed E-state index contributed by atoms with van der Waals surface area (Å²) >= 11 is 1.77. The van der Waals surface area contributed by atoms with Crippen molar-refractivity contribution in [3.8, 4) is 0 Å². The van der Waals surface area contributed by atoms with E-state index in [1.807, 2.05) is 12.4 Å². The molecule has 0 spiro atoms. The zero-order chi connectivity index (χ0) is 12.4. The topological polar surface area (TPSA) is 43.8 Å². The van der Waals surface area contributed by atoms with Crippen molar-refractivity contribution in [3.63, 3.8) is 0 Å². The van der Waals surface area contributed by atoms with E-state index in [2.05, 4.69) is 41.8 Å². The Morgan fingerprint density at radius 1 is 1.47 bits per heavy atom. The second-order valence-electron chi connectivity index (χ2n) is 4.57. The van der Waals surface area contributed by atoms with Crippen LogP contribution in [0.25, 0.3) is 0 Å². The van der Waals surface area contributed by atoms with E-state index < -0.39 is 0 Å². The van der Waals surface area contributed by atoms with Gasteiger partial charge in [-0.15, -0.1) is 11.3 Å². The molecule has 0 fully saturated rings. The van der Waals surface area contributed by atoms with Crippen LogP contribution in [-0.4, -0.2) is 16.1 Å². The molecule has 1 atom stereocenters. The summed E-state index contributed by atoms with van der Waals surface area (Å²) in [5.74, 6) is 1.52. The molecule has 17 heavy (non-hydrogen) atoms. The van der Waals surface area contributed by atoms with Crippen molar-refractivity contribution >= 4 is 11.3 Å². The fourth-order valence-corrected chi connectivity index (χ4v) is 3.15. The Bertz CT molecular complexity index is 484. The van der Waals surface area contributed by atoms with Gasteiger partial charge in [-0.3, -0.25) is 0 Å². The second-order valence-corrected chi connectivity index (χ2v) is 5.51. The summed E-state index contributed by atoms with van der Waals surface area (Å²) < 4.78 is 2.21. The molecule has 1 unspecified atom stereocenters. The molecule has 0 saturated carbocycles. The van der Waals surface area contributed by atoms with Gasteiger partial charge in [0.1, 0.15) is 5.82 Å². The molecule has 2 N–H and O–H groups in total. The van der Waals surface area contributed by atoms with Gasteiger partial charge in [-0.25, -0.2) is 4.98 Å². The van der Waals surface area contributed by atoms with E-state index in [1.165, 1.54) is 10.4 Å². The lowest BCUT2D eigenvalue weighted by Crippen LogP contribution is -2.22. The number of hydrogen-bond acceptors (Lipinski definition) is 3. The lowest BCUT2D eigenvalue weighted by atomic mass is 10.1. The van der Waals surface area contributed by atoms with Crippen LogP contribution in [0.15, 0.2) is 23.8 Å². The highest BCUT2D eigenvalue weighted by Crippen LogP contribution is 2.28. The van der Waals surface area contributed by atoms with Crippen LogP contribution in [0.3, 0.4) is 0 Å². The Labute approximate surface area is 106 Å². The Kier molecular flexibility index (Phi) is 3.64. The predicted octanol–water partition coefficient (Wildman–Crippen LogP) is 2.92. The van der Waals surface area contributed by atoms with E-state index in [0.717, 1.165) is 5.82 Å². The molecular formula is C13H19N3S. The van der Waals surface area contributed by atoms with Gasteiger partial charge in [-0.05, 0) is 23.9 Å². The number of rotatable bonds is 4. The molecule has 3 nitrogen and oxygen atoms in total. The van der Waals surface area contributed by atoms with Crippen molar-refractivity contribution in [1.82, 2.24) is 9.55 Å². The van der Waals surface area contributed by atoms with Crippen LogP contribution in [0.1, 0.15) is 42.1 Å². The lowest BCUT2D eigenvalue weighted by Gasteiger charge is -2.20. The molecule has 0 aliphatic heterocycles. The highest BCUT2D eigenvalue weighted by molar-refractivity contribution is 7.10. The number of aromatic nitrogens is 2. The minimum Gasteiger partial charge on any atom is -0.328 e. The number of thiophene rings is 1. The van der Waals surface area contributed by atoms with E-state index >= 15 is 0 Å². The van der Waals surface area contributed by atoms with Crippen molar-refractivity contribution < 1.29 is 0 Å². The Hall–Kier alpha value is -1.13. The molecule has 92 valence electrons. The van der Waals surface area contributed by atoms with Gasteiger partial charge >= 0.3 is 0 Å². The molecular weight excluding hydrogens is 230 g/mol. The number of nitrogens with two attached hydrogens (primary N) is 1. The van der Waals surface area contributed by atoms with Crippen LogP contribution in [0.4, 0.5) is 0 Å². The third-order valence-corrected chi connectivity index (χ3v) is 4.10. The molecule has 2 aromatic heterocycles. The molecule has 0 aromatic carbocycles. The normalized spacial score (nSPS) is 13.2. The summed E-state index contributed by atoms with van der Waals surface area (Å²) in [6.45, 7) is 7.07. The van der Waals surface area contributed by atoms with Gasteiger partial charge in [0.05, 0.1) is 6.04 Å². The minimum absolute atomic E-state index is 0.217. The maximum Gasteiger partial charge on any atom is 0.111 e. The van der Waals surface area contributed by atoms with Gasteiger partial charge in [0.15, 0.2) is 0 Å². The summed E-state index contributed by atoms with van der Waals surface area (Å²) in [6, 6.07) is 2.36. The van der Waals surface area contributed by atoms with Crippen LogP contribution in [0.2, 0.25) is 0 Å². The first-order valence-corrected chi connectivity index (χ1v) is 6.80. The first-order valence-electron chi connectivity index (χ1n) is 5.92.